The maximum absolute atomic E-state index is 12.4. The number of aromatic nitrogens is 2. The van der Waals surface area contributed by atoms with Crippen molar-refractivity contribution in [1.29, 1.82) is 0 Å². The third-order valence-electron chi connectivity index (χ3n) is 3.76. The molecule has 0 bridgehead atoms. The highest BCUT2D eigenvalue weighted by Gasteiger charge is 2.32. The molecule has 1 aromatic heterocycles. The van der Waals surface area contributed by atoms with Crippen molar-refractivity contribution in [2.24, 2.45) is 0 Å². The predicted octanol–water partition coefficient (Wildman–Crippen LogP) is 1.31. The average Bonchev–Trinajstić information content (AvgIpc) is 3.02. The summed E-state index contributed by atoms with van der Waals surface area (Å²) in [5.74, 6) is -1.10. The second-order valence-corrected chi connectivity index (χ2v) is 5.84. The van der Waals surface area contributed by atoms with Gasteiger partial charge in [-0.15, -0.1) is 0 Å². The molecule has 26 heavy (non-hydrogen) atoms. The summed E-state index contributed by atoms with van der Waals surface area (Å²) in [5, 5.41) is 26.3. The number of carbonyl (C=O) groups is 2. The van der Waals surface area contributed by atoms with Gasteiger partial charge in [-0.25, -0.2) is 0 Å². The van der Waals surface area contributed by atoms with Crippen LogP contribution < -0.4 is 10.1 Å². The smallest absolute Gasteiger partial charge is 0.307 e. The van der Waals surface area contributed by atoms with E-state index in [1.165, 1.54) is 7.11 Å². The SMILES string of the molecule is COc1cccc(C(C)(CC(=O)O)NC(=O)Cn2cc([N+](=O)[O-])cn2)c1. The Morgan fingerprint density at radius 3 is 2.77 bits per heavy atom. The fourth-order valence-corrected chi connectivity index (χ4v) is 2.51. The van der Waals surface area contributed by atoms with Gasteiger partial charge in [0.05, 0.1) is 24.0 Å². The number of hydrogen-bond donors (Lipinski definition) is 2. The van der Waals surface area contributed by atoms with Gasteiger partial charge in [0.15, 0.2) is 0 Å². The molecule has 1 unspecified atom stereocenters. The lowest BCUT2D eigenvalue weighted by Gasteiger charge is -2.30. The topological polar surface area (TPSA) is 137 Å². The van der Waals surface area contributed by atoms with Crippen molar-refractivity contribution < 1.29 is 24.4 Å². The van der Waals surface area contributed by atoms with Crippen LogP contribution in [0.3, 0.4) is 0 Å². The molecule has 138 valence electrons. The highest BCUT2D eigenvalue weighted by atomic mass is 16.6. The van der Waals surface area contributed by atoms with E-state index in [4.69, 9.17) is 4.74 Å². The summed E-state index contributed by atoms with van der Waals surface area (Å²) in [7, 11) is 1.48. The zero-order valence-corrected chi connectivity index (χ0v) is 14.2. The number of nitrogens with one attached hydrogen (secondary N) is 1. The van der Waals surface area contributed by atoms with Crippen LogP contribution in [0.2, 0.25) is 0 Å². The van der Waals surface area contributed by atoms with Crippen molar-refractivity contribution in [2.75, 3.05) is 7.11 Å². The number of nitro groups is 1. The first-order valence-corrected chi connectivity index (χ1v) is 7.57. The summed E-state index contributed by atoms with van der Waals surface area (Å²) in [6.07, 6.45) is 1.80. The molecule has 0 aliphatic heterocycles. The van der Waals surface area contributed by atoms with Crippen LogP contribution in [0.1, 0.15) is 18.9 Å². The standard InChI is InChI=1S/C16H18N4O6/c1-16(7-15(22)23,11-4-3-5-13(6-11)26-2)18-14(21)10-19-9-12(8-17-19)20(24)25/h3-6,8-9H,7,10H2,1-2H3,(H,18,21)(H,22,23). The van der Waals surface area contributed by atoms with Crippen molar-refractivity contribution in [1.82, 2.24) is 15.1 Å². The Bertz CT molecular complexity index is 834. The maximum atomic E-state index is 12.4. The van der Waals surface area contributed by atoms with Crippen molar-refractivity contribution in [3.63, 3.8) is 0 Å². The Hall–Kier alpha value is -3.43. The number of benzene rings is 1. The molecular formula is C16H18N4O6. The Morgan fingerprint density at radius 1 is 1.46 bits per heavy atom. The fraction of sp³-hybridized carbons (Fsp3) is 0.312. The minimum absolute atomic E-state index is 0.237. The van der Waals surface area contributed by atoms with Crippen LogP contribution in [0.5, 0.6) is 5.75 Å². The van der Waals surface area contributed by atoms with Crippen LogP contribution in [0.4, 0.5) is 5.69 Å². The number of aliphatic carboxylic acids is 1. The number of methoxy groups -OCH3 is 1. The fourth-order valence-electron chi connectivity index (χ4n) is 2.51. The summed E-state index contributed by atoms with van der Waals surface area (Å²) in [6, 6.07) is 6.72. The molecule has 10 nitrogen and oxygen atoms in total. The van der Waals surface area contributed by atoms with E-state index in [1.54, 1.807) is 31.2 Å². The Balaban J connectivity index is 2.21. The first-order chi connectivity index (χ1) is 12.2. The number of hydrogen-bond acceptors (Lipinski definition) is 6. The molecule has 0 saturated carbocycles. The zero-order chi connectivity index (χ0) is 19.3. The van der Waals surface area contributed by atoms with E-state index in [9.17, 15) is 24.8 Å². The molecule has 1 aromatic carbocycles. The predicted molar refractivity (Wildman–Crippen MR) is 89.6 cm³/mol. The van der Waals surface area contributed by atoms with Crippen molar-refractivity contribution in [2.45, 2.75) is 25.4 Å². The van der Waals surface area contributed by atoms with Crippen LogP contribution in [0, 0.1) is 10.1 Å². The number of carboxylic acid groups (broad SMARTS) is 1. The Kier molecular flexibility index (Phi) is 5.55. The number of carboxylic acids is 1. The summed E-state index contributed by atoms with van der Waals surface area (Å²) in [4.78, 5) is 33.7. The first kappa shape index (κ1) is 18.9. The first-order valence-electron chi connectivity index (χ1n) is 7.57. The molecule has 1 heterocycles. The van der Waals surface area contributed by atoms with E-state index in [0.29, 0.717) is 11.3 Å². The van der Waals surface area contributed by atoms with E-state index in [-0.39, 0.29) is 18.7 Å². The van der Waals surface area contributed by atoms with Gasteiger partial charge >= 0.3 is 11.7 Å². The molecule has 0 aliphatic rings. The zero-order valence-electron chi connectivity index (χ0n) is 14.2. The Labute approximate surface area is 148 Å². The molecule has 10 heteroatoms. The van der Waals surface area contributed by atoms with Gasteiger partial charge in [0.1, 0.15) is 24.7 Å². The van der Waals surface area contributed by atoms with Crippen LogP contribution >= 0.6 is 0 Å². The third kappa shape index (κ3) is 4.56. The normalized spacial score (nSPS) is 12.8. The molecule has 2 aromatic rings. The molecule has 0 radical (unpaired) electrons. The monoisotopic (exact) mass is 362 g/mol. The van der Waals surface area contributed by atoms with Gasteiger partial charge < -0.3 is 15.2 Å². The Morgan fingerprint density at radius 2 is 2.19 bits per heavy atom. The van der Waals surface area contributed by atoms with Gasteiger partial charge in [-0.1, -0.05) is 12.1 Å². The lowest BCUT2D eigenvalue weighted by atomic mass is 9.88. The van der Waals surface area contributed by atoms with Gasteiger partial charge in [-0.2, -0.15) is 5.10 Å². The van der Waals surface area contributed by atoms with Gasteiger partial charge in [-0.05, 0) is 24.6 Å². The van der Waals surface area contributed by atoms with Crippen molar-refractivity contribution in [3.8, 4) is 5.75 Å². The van der Waals surface area contributed by atoms with Gasteiger partial charge in [-0.3, -0.25) is 24.4 Å². The molecule has 2 N–H and O–H groups in total. The second-order valence-electron chi connectivity index (χ2n) is 5.84. The molecule has 0 aliphatic carbocycles. The van der Waals surface area contributed by atoms with Gasteiger partial charge in [0.2, 0.25) is 5.91 Å². The quantitative estimate of drug-likeness (QED) is 0.533. The van der Waals surface area contributed by atoms with Gasteiger partial charge in [0.25, 0.3) is 0 Å². The molecule has 0 saturated heterocycles. The number of amides is 1. The van der Waals surface area contributed by atoms with Crippen molar-refractivity contribution >= 4 is 17.6 Å². The highest BCUT2D eigenvalue weighted by molar-refractivity contribution is 5.78. The van der Waals surface area contributed by atoms with Crippen molar-refractivity contribution in [3.05, 3.63) is 52.3 Å². The van der Waals surface area contributed by atoms with Crippen LogP contribution in [-0.2, 0) is 21.7 Å². The minimum Gasteiger partial charge on any atom is -0.497 e. The molecule has 1 amide bonds. The van der Waals surface area contributed by atoms with Gasteiger partial charge in [0, 0.05) is 0 Å². The maximum Gasteiger partial charge on any atom is 0.307 e. The molecule has 0 fully saturated rings. The second kappa shape index (κ2) is 7.64. The number of carbonyl (C=O) groups excluding carboxylic acids is 1. The number of nitrogens with zero attached hydrogens (tertiary/aromatic N) is 3. The van der Waals surface area contributed by atoms with Crippen LogP contribution in [0.15, 0.2) is 36.7 Å². The minimum atomic E-state index is -1.20. The molecule has 0 spiro atoms. The lowest BCUT2D eigenvalue weighted by molar-refractivity contribution is -0.385. The lowest BCUT2D eigenvalue weighted by Crippen LogP contribution is -2.46. The molecule has 2 rings (SSSR count). The summed E-state index contributed by atoms with van der Waals surface area (Å²) in [6.45, 7) is 1.30. The van der Waals surface area contributed by atoms with Crippen LogP contribution in [-0.4, -0.2) is 38.8 Å². The van der Waals surface area contributed by atoms with E-state index in [2.05, 4.69) is 10.4 Å². The van der Waals surface area contributed by atoms with E-state index >= 15 is 0 Å². The molecular weight excluding hydrogens is 344 g/mol. The number of rotatable bonds is 8. The largest absolute Gasteiger partial charge is 0.497 e. The van der Waals surface area contributed by atoms with Crippen LogP contribution in [0.25, 0.3) is 0 Å². The summed E-state index contributed by atoms with van der Waals surface area (Å²) >= 11 is 0. The average molecular weight is 362 g/mol. The van der Waals surface area contributed by atoms with E-state index < -0.39 is 22.3 Å². The summed E-state index contributed by atoms with van der Waals surface area (Å²) < 4.78 is 6.25. The summed E-state index contributed by atoms with van der Waals surface area (Å²) in [5.41, 5.74) is -0.880. The molecule has 1 atom stereocenters. The number of ether oxygens (including phenoxy) is 1. The highest BCUT2D eigenvalue weighted by Crippen LogP contribution is 2.28. The third-order valence-corrected chi connectivity index (χ3v) is 3.76. The van der Waals surface area contributed by atoms with E-state index in [0.717, 1.165) is 17.1 Å². The van der Waals surface area contributed by atoms with E-state index in [1.807, 2.05) is 0 Å².